The van der Waals surface area contributed by atoms with Gasteiger partial charge in [-0.25, -0.2) is 4.98 Å². The zero-order chi connectivity index (χ0) is 11.5. The Morgan fingerprint density at radius 3 is 2.80 bits per heavy atom. The summed E-state index contributed by atoms with van der Waals surface area (Å²) >= 11 is 1.62. The molecule has 5 heteroatoms. The fourth-order valence-electron chi connectivity index (χ4n) is 1.03. The molecule has 0 fully saturated rings. The molecule has 1 aromatic heterocycles. The zero-order valence-electron chi connectivity index (χ0n) is 9.33. The zero-order valence-corrected chi connectivity index (χ0v) is 10.1. The van der Waals surface area contributed by atoms with Crippen LogP contribution in [0.2, 0.25) is 0 Å². The highest BCUT2D eigenvalue weighted by Crippen LogP contribution is 2.08. The first-order chi connectivity index (χ1) is 6.89. The molecular formula is C10H17N3OS. The first-order valence-electron chi connectivity index (χ1n) is 4.88. The van der Waals surface area contributed by atoms with Gasteiger partial charge >= 0.3 is 0 Å². The summed E-state index contributed by atoms with van der Waals surface area (Å²) in [5.41, 5.74) is 5.86. The summed E-state index contributed by atoms with van der Waals surface area (Å²) < 4.78 is 0. The first kappa shape index (κ1) is 12.1. The molecule has 0 atom stereocenters. The Morgan fingerprint density at radius 2 is 2.33 bits per heavy atom. The summed E-state index contributed by atoms with van der Waals surface area (Å²) in [7, 11) is 0. The van der Waals surface area contributed by atoms with Gasteiger partial charge in [-0.05, 0) is 20.8 Å². The van der Waals surface area contributed by atoms with Crippen LogP contribution >= 0.6 is 11.3 Å². The number of rotatable bonds is 4. The summed E-state index contributed by atoms with van der Waals surface area (Å²) in [4.78, 5) is 15.7. The predicted molar refractivity (Wildman–Crippen MR) is 61.8 cm³/mol. The van der Waals surface area contributed by atoms with Crippen molar-refractivity contribution < 1.29 is 4.79 Å². The topological polar surface area (TPSA) is 68.0 Å². The number of carbonyl (C=O) groups is 1. The number of aryl methyl sites for hydroxylation is 1. The molecule has 1 heterocycles. The number of hydrogen-bond donors (Lipinski definition) is 2. The van der Waals surface area contributed by atoms with Crippen molar-refractivity contribution >= 4 is 17.2 Å². The maximum absolute atomic E-state index is 11.4. The molecule has 15 heavy (non-hydrogen) atoms. The Kier molecular flexibility index (Phi) is 3.82. The average Bonchev–Trinajstić information content (AvgIpc) is 2.49. The van der Waals surface area contributed by atoms with Gasteiger partial charge in [0.1, 0.15) is 0 Å². The van der Waals surface area contributed by atoms with Crippen molar-refractivity contribution in [2.75, 3.05) is 6.54 Å². The van der Waals surface area contributed by atoms with Crippen LogP contribution in [0.3, 0.4) is 0 Å². The number of nitrogens with two attached hydrogens (primary N) is 1. The summed E-state index contributed by atoms with van der Waals surface area (Å²) in [6.45, 7) is 5.93. The van der Waals surface area contributed by atoms with Crippen LogP contribution in [0.15, 0.2) is 5.38 Å². The highest BCUT2D eigenvalue weighted by Gasteiger charge is 2.20. The maximum atomic E-state index is 11.4. The molecule has 0 aromatic carbocycles. The highest BCUT2D eigenvalue weighted by atomic mass is 32.1. The second-order valence-electron chi connectivity index (χ2n) is 4.11. The van der Waals surface area contributed by atoms with Crippen molar-refractivity contribution in [2.24, 2.45) is 5.73 Å². The van der Waals surface area contributed by atoms with Crippen LogP contribution in [0.4, 0.5) is 0 Å². The van der Waals surface area contributed by atoms with Crippen molar-refractivity contribution in [3.8, 4) is 0 Å². The molecule has 0 aliphatic heterocycles. The smallest absolute Gasteiger partial charge is 0.239 e. The van der Waals surface area contributed by atoms with E-state index in [0.29, 0.717) is 6.54 Å². The first-order valence-corrected chi connectivity index (χ1v) is 5.76. The number of thiazole rings is 1. The van der Waals surface area contributed by atoms with Crippen molar-refractivity contribution in [3.05, 3.63) is 16.1 Å². The lowest BCUT2D eigenvalue weighted by molar-refractivity contribution is -0.125. The molecule has 0 aliphatic carbocycles. The molecular weight excluding hydrogens is 210 g/mol. The van der Waals surface area contributed by atoms with Gasteiger partial charge in [-0.1, -0.05) is 0 Å². The molecule has 0 bridgehead atoms. The van der Waals surface area contributed by atoms with E-state index in [1.54, 1.807) is 25.2 Å². The monoisotopic (exact) mass is 227 g/mol. The van der Waals surface area contributed by atoms with Crippen molar-refractivity contribution in [1.29, 1.82) is 0 Å². The SMILES string of the molecule is Cc1csc(CCNC(=O)C(C)(C)N)n1. The Bertz CT molecular complexity index is 341. The van der Waals surface area contributed by atoms with Gasteiger partial charge in [0.15, 0.2) is 0 Å². The van der Waals surface area contributed by atoms with Crippen molar-refractivity contribution in [1.82, 2.24) is 10.3 Å². The lowest BCUT2D eigenvalue weighted by Crippen LogP contribution is -2.49. The molecule has 0 unspecified atom stereocenters. The summed E-state index contributed by atoms with van der Waals surface area (Å²) in [5.74, 6) is -0.129. The van der Waals surface area contributed by atoms with Crippen LogP contribution in [-0.2, 0) is 11.2 Å². The minimum Gasteiger partial charge on any atom is -0.354 e. The largest absolute Gasteiger partial charge is 0.354 e. The van der Waals surface area contributed by atoms with E-state index in [1.165, 1.54) is 0 Å². The number of amides is 1. The standard InChI is InChI=1S/C10H17N3OS/c1-7-6-15-8(13-7)4-5-12-9(14)10(2,3)11/h6H,4-5,11H2,1-3H3,(H,12,14). The van der Waals surface area contributed by atoms with Crippen LogP contribution in [0, 0.1) is 6.92 Å². The molecule has 84 valence electrons. The van der Waals surface area contributed by atoms with Crippen LogP contribution in [0.25, 0.3) is 0 Å². The molecule has 4 nitrogen and oxygen atoms in total. The van der Waals surface area contributed by atoms with Crippen molar-refractivity contribution in [2.45, 2.75) is 32.7 Å². The lowest BCUT2D eigenvalue weighted by Gasteiger charge is -2.17. The molecule has 0 saturated carbocycles. The fraction of sp³-hybridized carbons (Fsp3) is 0.600. The summed E-state index contributed by atoms with van der Waals surface area (Å²) in [6, 6.07) is 0. The molecule has 1 aromatic rings. The maximum Gasteiger partial charge on any atom is 0.239 e. The molecule has 1 rings (SSSR count). The predicted octanol–water partition coefficient (Wildman–Crippen LogP) is 0.848. The average molecular weight is 227 g/mol. The minimum absolute atomic E-state index is 0.129. The molecule has 0 spiro atoms. The van der Waals surface area contributed by atoms with Crippen LogP contribution in [0.1, 0.15) is 24.5 Å². The van der Waals surface area contributed by atoms with Gasteiger partial charge in [-0.2, -0.15) is 0 Å². The van der Waals surface area contributed by atoms with E-state index >= 15 is 0 Å². The Balaban J connectivity index is 2.31. The lowest BCUT2D eigenvalue weighted by atomic mass is 10.1. The number of nitrogens with one attached hydrogen (secondary N) is 1. The van der Waals surface area contributed by atoms with E-state index in [4.69, 9.17) is 5.73 Å². The Labute approximate surface area is 93.9 Å². The summed E-state index contributed by atoms with van der Waals surface area (Å²) in [6.07, 6.45) is 0.764. The van der Waals surface area contributed by atoms with Gasteiger partial charge in [0, 0.05) is 24.0 Å². The molecule has 0 aliphatic rings. The van der Waals surface area contributed by atoms with Gasteiger partial charge in [-0.3, -0.25) is 4.79 Å². The number of aromatic nitrogens is 1. The Morgan fingerprint density at radius 1 is 1.67 bits per heavy atom. The van der Waals surface area contributed by atoms with Gasteiger partial charge < -0.3 is 11.1 Å². The van der Waals surface area contributed by atoms with E-state index < -0.39 is 5.54 Å². The van der Waals surface area contributed by atoms with Crippen molar-refractivity contribution in [3.63, 3.8) is 0 Å². The third kappa shape index (κ3) is 3.97. The molecule has 1 amide bonds. The quantitative estimate of drug-likeness (QED) is 0.801. The van der Waals surface area contributed by atoms with E-state index in [9.17, 15) is 4.79 Å². The van der Waals surface area contributed by atoms with Gasteiger partial charge in [-0.15, -0.1) is 11.3 Å². The van der Waals surface area contributed by atoms with Gasteiger partial charge in [0.25, 0.3) is 0 Å². The molecule has 0 saturated heterocycles. The normalized spacial score (nSPS) is 11.5. The molecule has 3 N–H and O–H groups in total. The van der Waals surface area contributed by atoms with Crippen LogP contribution in [-0.4, -0.2) is 23.0 Å². The van der Waals surface area contributed by atoms with E-state index in [1.807, 2.05) is 12.3 Å². The highest BCUT2D eigenvalue weighted by molar-refractivity contribution is 7.09. The summed E-state index contributed by atoms with van der Waals surface area (Å²) in [5, 5.41) is 5.83. The second kappa shape index (κ2) is 4.72. The third-order valence-corrected chi connectivity index (χ3v) is 2.90. The minimum atomic E-state index is -0.807. The van der Waals surface area contributed by atoms with Crippen LogP contribution in [0.5, 0.6) is 0 Å². The number of carbonyl (C=O) groups excluding carboxylic acids is 1. The number of hydrogen-bond acceptors (Lipinski definition) is 4. The van der Waals surface area contributed by atoms with Crippen LogP contribution < -0.4 is 11.1 Å². The van der Waals surface area contributed by atoms with E-state index in [2.05, 4.69) is 10.3 Å². The second-order valence-corrected chi connectivity index (χ2v) is 5.05. The fourth-order valence-corrected chi connectivity index (χ4v) is 1.80. The van der Waals surface area contributed by atoms with Gasteiger partial charge in [0.05, 0.1) is 10.5 Å². The number of nitrogens with zero attached hydrogens (tertiary/aromatic N) is 1. The van der Waals surface area contributed by atoms with Gasteiger partial charge in [0.2, 0.25) is 5.91 Å². The Hall–Kier alpha value is -0.940. The van der Waals surface area contributed by atoms with E-state index in [-0.39, 0.29) is 5.91 Å². The molecule has 0 radical (unpaired) electrons. The van der Waals surface area contributed by atoms with E-state index in [0.717, 1.165) is 17.1 Å². The third-order valence-electron chi connectivity index (χ3n) is 1.88.